The fourth-order valence-electron chi connectivity index (χ4n) is 1.46. The van der Waals surface area contributed by atoms with Crippen molar-refractivity contribution >= 4 is 46.3 Å². The molecule has 6 heteroatoms. The van der Waals surface area contributed by atoms with Crippen molar-refractivity contribution in [2.45, 2.75) is 19.4 Å². The third kappa shape index (κ3) is 3.83. The van der Waals surface area contributed by atoms with Gasteiger partial charge in [0.25, 0.3) is 5.91 Å². The summed E-state index contributed by atoms with van der Waals surface area (Å²) in [5.74, 6) is -0.141. The highest BCUT2D eigenvalue weighted by molar-refractivity contribution is 7.80. The number of hydrogen-bond donors (Lipinski definition) is 1. The smallest absolute Gasteiger partial charge is 0.253 e. The molecule has 0 saturated heterocycles. The Morgan fingerprint density at radius 1 is 1.44 bits per heavy atom. The number of nitrogens with two attached hydrogens (primary N) is 1. The summed E-state index contributed by atoms with van der Waals surface area (Å²) >= 11 is 16.5. The monoisotopic (exact) mass is 304 g/mol. The van der Waals surface area contributed by atoms with Crippen LogP contribution in [0, 0.1) is 0 Å². The van der Waals surface area contributed by atoms with Gasteiger partial charge in [-0.1, -0.05) is 35.4 Å². The molecule has 0 aromatic heterocycles. The van der Waals surface area contributed by atoms with E-state index in [0.29, 0.717) is 27.0 Å². The minimum Gasteiger partial charge on any atom is -0.393 e. The summed E-state index contributed by atoms with van der Waals surface area (Å²) in [6.45, 7) is 1.88. The van der Waals surface area contributed by atoms with Crippen LogP contribution in [0.3, 0.4) is 0 Å². The highest BCUT2D eigenvalue weighted by Crippen LogP contribution is 2.23. The van der Waals surface area contributed by atoms with Crippen LogP contribution in [-0.4, -0.2) is 28.9 Å². The summed E-state index contributed by atoms with van der Waals surface area (Å²) in [6.07, 6.45) is 0.485. The summed E-state index contributed by atoms with van der Waals surface area (Å²) in [6, 6.07) is 4.73. The fraction of sp³-hybridized carbons (Fsp3) is 0.333. The molecule has 1 atom stereocenters. The van der Waals surface area contributed by atoms with Crippen LogP contribution in [0.2, 0.25) is 10.0 Å². The molecule has 0 aliphatic carbocycles. The van der Waals surface area contributed by atoms with E-state index in [1.54, 1.807) is 30.1 Å². The zero-order valence-electron chi connectivity index (χ0n) is 10.1. The van der Waals surface area contributed by atoms with E-state index < -0.39 is 0 Å². The largest absolute Gasteiger partial charge is 0.393 e. The third-order valence-electron chi connectivity index (χ3n) is 2.64. The van der Waals surface area contributed by atoms with E-state index in [0.717, 1.165) is 0 Å². The number of carbonyl (C=O) groups is 1. The quantitative estimate of drug-likeness (QED) is 0.869. The van der Waals surface area contributed by atoms with E-state index in [2.05, 4.69) is 0 Å². The maximum Gasteiger partial charge on any atom is 0.253 e. The average molecular weight is 305 g/mol. The molecule has 1 rings (SSSR count). The second-order valence-corrected chi connectivity index (χ2v) is 5.40. The maximum absolute atomic E-state index is 12.2. The molecule has 1 unspecified atom stereocenters. The number of halogens is 2. The molecule has 0 saturated carbocycles. The van der Waals surface area contributed by atoms with E-state index in [1.165, 1.54) is 0 Å². The minimum absolute atomic E-state index is 0.0653. The third-order valence-corrected chi connectivity index (χ3v) is 3.55. The Labute approximate surface area is 122 Å². The van der Waals surface area contributed by atoms with Gasteiger partial charge in [-0.05, 0) is 25.1 Å². The molecular formula is C12H14Cl2N2OS. The summed E-state index contributed by atoms with van der Waals surface area (Å²) in [5.41, 5.74) is 5.96. The molecule has 1 aromatic carbocycles. The van der Waals surface area contributed by atoms with Gasteiger partial charge < -0.3 is 10.6 Å². The number of carbonyl (C=O) groups excluding carboxylic acids is 1. The van der Waals surface area contributed by atoms with Crippen LogP contribution in [0.15, 0.2) is 18.2 Å². The lowest BCUT2D eigenvalue weighted by Gasteiger charge is -2.24. The van der Waals surface area contributed by atoms with Crippen molar-refractivity contribution in [2.24, 2.45) is 5.73 Å². The van der Waals surface area contributed by atoms with Gasteiger partial charge in [-0.25, -0.2) is 0 Å². The van der Waals surface area contributed by atoms with E-state index in [4.69, 9.17) is 41.2 Å². The first-order valence-electron chi connectivity index (χ1n) is 5.33. The molecule has 2 N–H and O–H groups in total. The van der Waals surface area contributed by atoms with Gasteiger partial charge in [0.1, 0.15) is 0 Å². The van der Waals surface area contributed by atoms with Crippen LogP contribution >= 0.6 is 35.4 Å². The van der Waals surface area contributed by atoms with Crippen LogP contribution in [0.5, 0.6) is 0 Å². The van der Waals surface area contributed by atoms with Gasteiger partial charge in [-0.2, -0.15) is 0 Å². The first-order valence-corrected chi connectivity index (χ1v) is 6.50. The van der Waals surface area contributed by atoms with E-state index in [1.807, 2.05) is 6.92 Å². The molecule has 0 aliphatic heterocycles. The van der Waals surface area contributed by atoms with Crippen molar-refractivity contribution in [1.29, 1.82) is 0 Å². The first-order chi connectivity index (χ1) is 8.32. The van der Waals surface area contributed by atoms with E-state index in [-0.39, 0.29) is 11.9 Å². The zero-order valence-corrected chi connectivity index (χ0v) is 12.4. The number of thiocarbonyl (C=S) groups is 1. The van der Waals surface area contributed by atoms with Gasteiger partial charge in [0.05, 0.1) is 15.0 Å². The standard InChI is InChI=1S/C12H14Cl2N2OS/c1-7(5-11(15)18)16(2)12(17)8-3-4-9(13)10(14)6-8/h3-4,6-7H,5H2,1-2H3,(H2,15,18). The van der Waals surface area contributed by atoms with E-state index in [9.17, 15) is 4.79 Å². The number of rotatable bonds is 4. The maximum atomic E-state index is 12.2. The molecule has 0 spiro atoms. The van der Waals surface area contributed by atoms with Gasteiger partial charge >= 0.3 is 0 Å². The van der Waals surface area contributed by atoms with Gasteiger partial charge in [0.2, 0.25) is 0 Å². The predicted octanol–water partition coefficient (Wildman–Crippen LogP) is 3.13. The molecule has 0 heterocycles. The normalized spacial score (nSPS) is 12.0. The number of benzene rings is 1. The van der Waals surface area contributed by atoms with Crippen molar-refractivity contribution in [3.8, 4) is 0 Å². The van der Waals surface area contributed by atoms with Crippen molar-refractivity contribution < 1.29 is 4.79 Å². The van der Waals surface area contributed by atoms with Gasteiger partial charge in [0.15, 0.2) is 0 Å². The predicted molar refractivity (Wildman–Crippen MR) is 79.4 cm³/mol. The molecule has 1 amide bonds. The SMILES string of the molecule is CC(CC(N)=S)N(C)C(=O)c1ccc(Cl)c(Cl)c1. The second-order valence-electron chi connectivity index (χ2n) is 4.06. The lowest BCUT2D eigenvalue weighted by Crippen LogP contribution is -2.37. The molecule has 0 bridgehead atoms. The van der Waals surface area contributed by atoms with Gasteiger partial charge in [0, 0.05) is 25.1 Å². The molecule has 0 radical (unpaired) electrons. The molecule has 1 aromatic rings. The highest BCUT2D eigenvalue weighted by Gasteiger charge is 2.18. The lowest BCUT2D eigenvalue weighted by atomic mass is 10.1. The Balaban J connectivity index is 2.86. The zero-order chi connectivity index (χ0) is 13.9. The Morgan fingerprint density at radius 3 is 2.56 bits per heavy atom. The summed E-state index contributed by atoms with van der Waals surface area (Å²) < 4.78 is 0. The van der Waals surface area contributed by atoms with Crippen LogP contribution in [-0.2, 0) is 0 Å². The highest BCUT2D eigenvalue weighted by atomic mass is 35.5. The Hall–Kier alpha value is -0.840. The number of hydrogen-bond acceptors (Lipinski definition) is 2. The summed E-state index contributed by atoms with van der Waals surface area (Å²) in [7, 11) is 1.70. The van der Waals surface area contributed by atoms with Crippen LogP contribution in [0.25, 0.3) is 0 Å². The minimum atomic E-state index is -0.141. The van der Waals surface area contributed by atoms with Crippen molar-refractivity contribution in [3.63, 3.8) is 0 Å². The van der Waals surface area contributed by atoms with Crippen molar-refractivity contribution in [1.82, 2.24) is 4.90 Å². The van der Waals surface area contributed by atoms with Crippen LogP contribution in [0.1, 0.15) is 23.7 Å². The van der Waals surface area contributed by atoms with E-state index >= 15 is 0 Å². The molecule has 98 valence electrons. The topological polar surface area (TPSA) is 46.3 Å². The van der Waals surface area contributed by atoms with Gasteiger partial charge in [-0.3, -0.25) is 4.79 Å². The summed E-state index contributed by atoms with van der Waals surface area (Å²) in [5, 5.41) is 0.782. The van der Waals surface area contributed by atoms with Crippen molar-refractivity contribution in [3.05, 3.63) is 33.8 Å². The Morgan fingerprint density at radius 2 is 2.06 bits per heavy atom. The molecule has 18 heavy (non-hydrogen) atoms. The number of nitrogens with zero attached hydrogens (tertiary/aromatic N) is 1. The fourth-order valence-corrected chi connectivity index (χ4v) is 2.00. The molecule has 0 aliphatic rings. The Kier molecular flexibility index (Phi) is 5.38. The molecule has 0 fully saturated rings. The molecular weight excluding hydrogens is 291 g/mol. The van der Waals surface area contributed by atoms with Crippen LogP contribution in [0.4, 0.5) is 0 Å². The second kappa shape index (κ2) is 6.36. The van der Waals surface area contributed by atoms with Gasteiger partial charge in [-0.15, -0.1) is 0 Å². The van der Waals surface area contributed by atoms with Crippen molar-refractivity contribution in [2.75, 3.05) is 7.05 Å². The number of amides is 1. The average Bonchev–Trinajstić information content (AvgIpc) is 2.30. The summed E-state index contributed by atoms with van der Waals surface area (Å²) in [4.78, 5) is 14.1. The first kappa shape index (κ1) is 15.2. The molecule has 3 nitrogen and oxygen atoms in total. The Bertz CT molecular complexity index is 479. The van der Waals surface area contributed by atoms with Crippen LogP contribution < -0.4 is 5.73 Å². The lowest BCUT2D eigenvalue weighted by molar-refractivity contribution is 0.0748.